The molecule has 1 aromatic rings. The van der Waals surface area contributed by atoms with Crippen LogP contribution in [-0.2, 0) is 12.3 Å². The zero-order valence-corrected chi connectivity index (χ0v) is 15.1. The molecule has 0 saturated carbocycles. The molecular formula is C13H23N5O2S2. The van der Waals surface area contributed by atoms with Crippen molar-refractivity contribution in [3.05, 3.63) is 25.7 Å². The Bertz CT molecular complexity index is 517. The maximum atomic E-state index is 10.4. The van der Waals surface area contributed by atoms with Gasteiger partial charge in [-0.25, -0.2) is 4.98 Å². The fourth-order valence-corrected chi connectivity index (χ4v) is 3.75. The van der Waals surface area contributed by atoms with Crippen molar-refractivity contribution in [3.63, 3.8) is 0 Å². The molecular weight excluding hydrogens is 322 g/mol. The highest BCUT2D eigenvalue weighted by atomic mass is 32.2. The molecule has 0 saturated heterocycles. The number of amidine groups is 1. The summed E-state index contributed by atoms with van der Waals surface area (Å²) < 4.78 is 0. The van der Waals surface area contributed by atoms with Gasteiger partial charge in [-0.05, 0) is 21.0 Å². The van der Waals surface area contributed by atoms with Gasteiger partial charge in [0.05, 0.1) is 5.69 Å². The van der Waals surface area contributed by atoms with Crippen LogP contribution in [0.4, 0.5) is 0 Å². The first-order chi connectivity index (χ1) is 10.4. The molecule has 0 aliphatic rings. The third-order valence-corrected chi connectivity index (χ3v) is 4.72. The summed E-state index contributed by atoms with van der Waals surface area (Å²) in [5, 5.41) is 14.6. The minimum atomic E-state index is -0.382. The van der Waals surface area contributed by atoms with Crippen molar-refractivity contribution in [1.82, 2.24) is 15.2 Å². The number of nitro groups is 1. The molecule has 0 aromatic carbocycles. The van der Waals surface area contributed by atoms with Gasteiger partial charge in [0.1, 0.15) is 5.01 Å². The van der Waals surface area contributed by atoms with Gasteiger partial charge in [-0.2, -0.15) is 11.8 Å². The van der Waals surface area contributed by atoms with E-state index in [-0.39, 0.29) is 11.5 Å². The third kappa shape index (κ3) is 7.19. The van der Waals surface area contributed by atoms with Crippen molar-refractivity contribution in [2.24, 2.45) is 4.99 Å². The molecule has 0 atom stereocenters. The molecule has 0 bridgehead atoms. The van der Waals surface area contributed by atoms with Gasteiger partial charge in [-0.3, -0.25) is 15.1 Å². The fourth-order valence-electron chi connectivity index (χ4n) is 1.72. The van der Waals surface area contributed by atoms with E-state index in [4.69, 9.17) is 0 Å². The van der Waals surface area contributed by atoms with Crippen LogP contribution in [0, 0.1) is 17.0 Å². The molecule has 7 nitrogen and oxygen atoms in total. The number of rotatable bonds is 9. The highest BCUT2D eigenvalue weighted by molar-refractivity contribution is 7.98. The topological polar surface area (TPSA) is 83.7 Å². The Labute approximate surface area is 139 Å². The second-order valence-corrected chi connectivity index (χ2v) is 7.38. The molecule has 1 heterocycles. The van der Waals surface area contributed by atoms with Gasteiger partial charge < -0.3 is 10.2 Å². The molecule has 22 heavy (non-hydrogen) atoms. The van der Waals surface area contributed by atoms with Gasteiger partial charge >= 0.3 is 0 Å². The summed E-state index contributed by atoms with van der Waals surface area (Å²) in [4.78, 5) is 22.0. The van der Waals surface area contributed by atoms with Crippen molar-refractivity contribution in [1.29, 1.82) is 0 Å². The van der Waals surface area contributed by atoms with Crippen LogP contribution in [0.1, 0.15) is 15.6 Å². The maximum Gasteiger partial charge on any atom is 0.259 e. The number of thiazole rings is 1. The van der Waals surface area contributed by atoms with Gasteiger partial charge in [0.25, 0.3) is 6.54 Å². The Morgan fingerprint density at radius 3 is 2.86 bits per heavy atom. The maximum absolute atomic E-state index is 10.4. The van der Waals surface area contributed by atoms with Gasteiger partial charge in [0.15, 0.2) is 5.84 Å². The number of nitrogens with one attached hydrogen (secondary N) is 1. The standard InChI is InChI=1S/C13H23N5O2S2/c1-10-11(16-13(22-10)8-17(3)4)9-21-6-5-15-12(14-2)7-18(19)20/h5-9H2,1-4H3,(H,14,15). The highest BCUT2D eigenvalue weighted by Gasteiger charge is 2.09. The molecule has 0 unspecified atom stereocenters. The highest BCUT2D eigenvalue weighted by Crippen LogP contribution is 2.22. The van der Waals surface area contributed by atoms with Crippen LogP contribution in [0.2, 0.25) is 0 Å². The van der Waals surface area contributed by atoms with E-state index < -0.39 is 0 Å². The Morgan fingerprint density at radius 1 is 1.55 bits per heavy atom. The number of hydrogen-bond acceptors (Lipinski definition) is 7. The van der Waals surface area contributed by atoms with E-state index in [0.717, 1.165) is 28.8 Å². The molecule has 0 radical (unpaired) electrons. The number of nitrogens with zero attached hydrogens (tertiary/aromatic N) is 4. The van der Waals surface area contributed by atoms with E-state index in [9.17, 15) is 10.1 Å². The summed E-state index contributed by atoms with van der Waals surface area (Å²) in [5.41, 5.74) is 1.14. The summed E-state index contributed by atoms with van der Waals surface area (Å²) in [7, 11) is 5.63. The second-order valence-electron chi connectivity index (χ2n) is 4.99. The molecule has 0 amide bonds. The summed E-state index contributed by atoms with van der Waals surface area (Å²) in [5.74, 6) is 2.14. The lowest BCUT2D eigenvalue weighted by atomic mass is 10.4. The monoisotopic (exact) mass is 345 g/mol. The Kier molecular flexibility index (Phi) is 8.36. The molecule has 9 heteroatoms. The smallest absolute Gasteiger partial charge is 0.259 e. The zero-order chi connectivity index (χ0) is 16.5. The van der Waals surface area contributed by atoms with E-state index >= 15 is 0 Å². The third-order valence-electron chi connectivity index (χ3n) is 2.75. The number of aliphatic imine (C=N–C) groups is 1. The lowest BCUT2D eigenvalue weighted by Crippen LogP contribution is -2.31. The first-order valence-electron chi connectivity index (χ1n) is 6.91. The minimum absolute atomic E-state index is 0.250. The molecule has 0 spiro atoms. The molecule has 0 fully saturated rings. The van der Waals surface area contributed by atoms with E-state index in [1.165, 1.54) is 4.88 Å². The SMILES string of the molecule is CN=C(C[N+](=O)[O-])NCCSCc1nc(CN(C)C)sc1C. The molecule has 1 aromatic heterocycles. The van der Waals surface area contributed by atoms with Crippen LogP contribution in [0.3, 0.4) is 0 Å². The van der Waals surface area contributed by atoms with Gasteiger partial charge in [0.2, 0.25) is 0 Å². The Morgan fingerprint density at radius 2 is 2.27 bits per heavy atom. The average Bonchev–Trinajstić information content (AvgIpc) is 2.75. The quantitative estimate of drug-likeness (QED) is 0.241. The van der Waals surface area contributed by atoms with Gasteiger partial charge in [0, 0.05) is 41.4 Å². The predicted molar refractivity (Wildman–Crippen MR) is 93.6 cm³/mol. The van der Waals surface area contributed by atoms with E-state index in [0.29, 0.717) is 12.4 Å². The molecule has 124 valence electrons. The first kappa shape index (κ1) is 18.9. The minimum Gasteiger partial charge on any atom is -0.368 e. The number of thioether (sulfide) groups is 1. The fraction of sp³-hybridized carbons (Fsp3) is 0.692. The summed E-state index contributed by atoms with van der Waals surface area (Å²) in [6, 6.07) is 0. The first-order valence-corrected chi connectivity index (χ1v) is 8.88. The number of aryl methyl sites for hydroxylation is 1. The van der Waals surface area contributed by atoms with E-state index in [1.54, 1.807) is 30.1 Å². The van der Waals surface area contributed by atoms with Crippen LogP contribution in [0.15, 0.2) is 4.99 Å². The van der Waals surface area contributed by atoms with Crippen LogP contribution < -0.4 is 5.32 Å². The summed E-state index contributed by atoms with van der Waals surface area (Å²) in [6.07, 6.45) is 0. The van der Waals surface area contributed by atoms with E-state index in [1.807, 2.05) is 14.1 Å². The Hall–Kier alpha value is -1.19. The number of hydrogen-bond donors (Lipinski definition) is 1. The molecule has 1 N–H and O–H groups in total. The second kappa shape index (κ2) is 9.75. The van der Waals surface area contributed by atoms with Crippen molar-refractivity contribution in [2.45, 2.75) is 19.2 Å². The normalized spacial score (nSPS) is 12.0. The van der Waals surface area contributed by atoms with Gasteiger partial charge in [-0.15, -0.1) is 11.3 Å². The van der Waals surface area contributed by atoms with E-state index in [2.05, 4.69) is 27.1 Å². The van der Waals surface area contributed by atoms with Crippen molar-refractivity contribution in [3.8, 4) is 0 Å². The average molecular weight is 345 g/mol. The van der Waals surface area contributed by atoms with Gasteiger partial charge in [-0.1, -0.05) is 0 Å². The predicted octanol–water partition coefficient (Wildman–Crippen LogP) is 1.64. The van der Waals surface area contributed by atoms with Crippen LogP contribution >= 0.6 is 23.1 Å². The van der Waals surface area contributed by atoms with Crippen LogP contribution in [0.25, 0.3) is 0 Å². The molecule has 1 rings (SSSR count). The van der Waals surface area contributed by atoms with Crippen molar-refractivity contribution >= 4 is 28.9 Å². The van der Waals surface area contributed by atoms with Crippen LogP contribution in [-0.4, -0.2) is 60.6 Å². The number of aromatic nitrogens is 1. The van der Waals surface area contributed by atoms with Crippen molar-refractivity contribution in [2.75, 3.05) is 40.0 Å². The van der Waals surface area contributed by atoms with Crippen LogP contribution in [0.5, 0.6) is 0 Å². The molecule has 0 aliphatic heterocycles. The lowest BCUT2D eigenvalue weighted by Gasteiger charge is -2.06. The lowest BCUT2D eigenvalue weighted by molar-refractivity contribution is -0.463. The summed E-state index contributed by atoms with van der Waals surface area (Å²) >= 11 is 3.51. The van der Waals surface area contributed by atoms with Crippen molar-refractivity contribution < 1.29 is 4.92 Å². The largest absolute Gasteiger partial charge is 0.368 e. The molecule has 0 aliphatic carbocycles. The Balaban J connectivity index is 2.30. The zero-order valence-electron chi connectivity index (χ0n) is 13.5. The summed E-state index contributed by atoms with van der Waals surface area (Å²) in [6.45, 7) is 3.39.